The first-order valence-electron chi connectivity index (χ1n) is 4.83. The highest BCUT2D eigenvalue weighted by Crippen LogP contribution is 2.24. The summed E-state index contributed by atoms with van der Waals surface area (Å²) in [6.07, 6.45) is 0. The molecular weight excluding hydrogens is 206 g/mol. The summed E-state index contributed by atoms with van der Waals surface area (Å²) in [5, 5.41) is 1.37. The lowest BCUT2D eigenvalue weighted by atomic mass is 10.1. The first kappa shape index (κ1) is 10.3. The predicted octanol–water partition coefficient (Wildman–Crippen LogP) is 3.23. The number of benzene rings is 1. The Labute approximate surface area is 94.7 Å². The second kappa shape index (κ2) is 4.11. The Morgan fingerprint density at radius 1 is 1.27 bits per heavy atom. The standard InChI is InChI=1S/C12H13NOS/c1-8(15)9-3-5-11-10(7-9)4-6-12(13-11)14-2/h3-8,15H,1-2H3. The van der Waals surface area contributed by atoms with E-state index in [4.69, 9.17) is 4.74 Å². The fourth-order valence-electron chi connectivity index (χ4n) is 1.50. The lowest BCUT2D eigenvalue weighted by Gasteiger charge is -2.06. The van der Waals surface area contributed by atoms with Crippen molar-refractivity contribution in [1.82, 2.24) is 4.98 Å². The molecule has 2 rings (SSSR count). The Morgan fingerprint density at radius 3 is 2.73 bits per heavy atom. The van der Waals surface area contributed by atoms with Gasteiger partial charge in [0.2, 0.25) is 5.88 Å². The van der Waals surface area contributed by atoms with Gasteiger partial charge in [0.1, 0.15) is 0 Å². The van der Waals surface area contributed by atoms with Crippen LogP contribution in [0.4, 0.5) is 0 Å². The number of nitrogens with zero attached hydrogens (tertiary/aromatic N) is 1. The molecule has 0 saturated heterocycles. The zero-order valence-electron chi connectivity index (χ0n) is 8.77. The second-order valence-corrected chi connectivity index (χ2v) is 4.26. The van der Waals surface area contributed by atoms with Gasteiger partial charge in [0.05, 0.1) is 12.6 Å². The molecule has 0 aliphatic rings. The predicted molar refractivity (Wildman–Crippen MR) is 65.7 cm³/mol. The minimum atomic E-state index is 0.247. The molecule has 0 radical (unpaired) electrons. The van der Waals surface area contributed by atoms with Gasteiger partial charge in [-0.15, -0.1) is 0 Å². The van der Waals surface area contributed by atoms with Crippen molar-refractivity contribution in [1.29, 1.82) is 0 Å². The van der Waals surface area contributed by atoms with Crippen molar-refractivity contribution < 1.29 is 4.74 Å². The van der Waals surface area contributed by atoms with Crippen molar-refractivity contribution in [2.24, 2.45) is 0 Å². The summed E-state index contributed by atoms with van der Waals surface area (Å²) >= 11 is 4.41. The summed E-state index contributed by atoms with van der Waals surface area (Å²) in [6, 6.07) is 10.0. The van der Waals surface area contributed by atoms with E-state index in [-0.39, 0.29) is 5.25 Å². The molecule has 15 heavy (non-hydrogen) atoms. The van der Waals surface area contributed by atoms with Crippen LogP contribution in [0.5, 0.6) is 5.88 Å². The zero-order chi connectivity index (χ0) is 10.8. The summed E-state index contributed by atoms with van der Waals surface area (Å²) in [4.78, 5) is 4.35. The third kappa shape index (κ3) is 2.07. The number of pyridine rings is 1. The minimum absolute atomic E-state index is 0.247. The monoisotopic (exact) mass is 219 g/mol. The van der Waals surface area contributed by atoms with Crippen LogP contribution in [0.2, 0.25) is 0 Å². The van der Waals surface area contributed by atoms with Gasteiger partial charge >= 0.3 is 0 Å². The highest BCUT2D eigenvalue weighted by atomic mass is 32.1. The van der Waals surface area contributed by atoms with Gasteiger partial charge in [-0.1, -0.05) is 6.07 Å². The summed E-state index contributed by atoms with van der Waals surface area (Å²) in [5.74, 6) is 0.647. The molecule has 78 valence electrons. The highest BCUT2D eigenvalue weighted by molar-refractivity contribution is 7.80. The van der Waals surface area contributed by atoms with Crippen molar-refractivity contribution in [2.75, 3.05) is 7.11 Å². The van der Waals surface area contributed by atoms with Crippen molar-refractivity contribution in [3.05, 3.63) is 35.9 Å². The van der Waals surface area contributed by atoms with Gasteiger partial charge in [0.25, 0.3) is 0 Å². The van der Waals surface area contributed by atoms with Gasteiger partial charge in [-0.2, -0.15) is 12.6 Å². The topological polar surface area (TPSA) is 22.1 Å². The lowest BCUT2D eigenvalue weighted by Crippen LogP contribution is -1.89. The molecule has 1 unspecified atom stereocenters. The van der Waals surface area contributed by atoms with Crippen LogP contribution in [0.3, 0.4) is 0 Å². The highest BCUT2D eigenvalue weighted by Gasteiger charge is 2.02. The Morgan fingerprint density at radius 2 is 2.07 bits per heavy atom. The molecule has 2 nitrogen and oxygen atoms in total. The van der Waals surface area contributed by atoms with Crippen LogP contribution >= 0.6 is 12.6 Å². The van der Waals surface area contributed by atoms with E-state index < -0.39 is 0 Å². The van der Waals surface area contributed by atoms with E-state index in [0.717, 1.165) is 10.9 Å². The van der Waals surface area contributed by atoms with Gasteiger partial charge < -0.3 is 4.74 Å². The largest absolute Gasteiger partial charge is 0.481 e. The third-order valence-corrected chi connectivity index (χ3v) is 2.68. The Hall–Kier alpha value is -1.22. The normalized spacial score (nSPS) is 12.7. The van der Waals surface area contributed by atoms with Gasteiger partial charge in [-0.05, 0) is 30.7 Å². The van der Waals surface area contributed by atoms with Crippen molar-refractivity contribution in [3.63, 3.8) is 0 Å². The summed E-state index contributed by atoms with van der Waals surface area (Å²) < 4.78 is 5.07. The molecular formula is C12H13NOS. The average molecular weight is 219 g/mol. The van der Waals surface area contributed by atoms with Crippen LogP contribution in [0.1, 0.15) is 17.7 Å². The molecule has 1 heterocycles. The number of hydrogen-bond acceptors (Lipinski definition) is 3. The number of hydrogen-bond donors (Lipinski definition) is 1. The number of thiol groups is 1. The lowest BCUT2D eigenvalue weighted by molar-refractivity contribution is 0.399. The first-order chi connectivity index (χ1) is 7.20. The van der Waals surface area contributed by atoms with E-state index in [1.807, 2.05) is 24.3 Å². The number of ether oxygens (including phenoxy) is 1. The molecule has 0 N–H and O–H groups in total. The third-order valence-electron chi connectivity index (χ3n) is 2.38. The van der Waals surface area contributed by atoms with Crippen LogP contribution in [0, 0.1) is 0 Å². The molecule has 0 spiro atoms. The van der Waals surface area contributed by atoms with Crippen molar-refractivity contribution >= 4 is 23.5 Å². The van der Waals surface area contributed by atoms with E-state index in [2.05, 4.69) is 30.6 Å². The minimum Gasteiger partial charge on any atom is -0.481 e. The molecule has 0 fully saturated rings. The zero-order valence-corrected chi connectivity index (χ0v) is 9.66. The molecule has 1 atom stereocenters. The van der Waals surface area contributed by atoms with Crippen LogP contribution in [-0.2, 0) is 0 Å². The Balaban J connectivity index is 2.55. The summed E-state index contributed by atoms with van der Waals surface area (Å²) in [6.45, 7) is 2.06. The van der Waals surface area contributed by atoms with E-state index in [1.165, 1.54) is 5.56 Å². The van der Waals surface area contributed by atoms with Crippen LogP contribution in [0.25, 0.3) is 10.9 Å². The van der Waals surface area contributed by atoms with Gasteiger partial charge in [0, 0.05) is 16.7 Å². The molecule has 0 bridgehead atoms. The van der Waals surface area contributed by atoms with E-state index in [1.54, 1.807) is 7.11 Å². The molecule has 0 saturated carbocycles. The molecule has 1 aromatic heterocycles. The SMILES string of the molecule is COc1ccc2cc(C(C)S)ccc2n1. The maximum Gasteiger partial charge on any atom is 0.213 e. The maximum absolute atomic E-state index is 5.07. The quantitative estimate of drug-likeness (QED) is 0.783. The smallest absolute Gasteiger partial charge is 0.213 e. The Bertz CT molecular complexity index is 482. The maximum atomic E-state index is 5.07. The summed E-state index contributed by atoms with van der Waals surface area (Å²) in [7, 11) is 1.62. The molecule has 0 aliphatic heterocycles. The number of aromatic nitrogens is 1. The van der Waals surface area contributed by atoms with Crippen LogP contribution in [0.15, 0.2) is 30.3 Å². The molecule has 0 aliphatic carbocycles. The van der Waals surface area contributed by atoms with Crippen molar-refractivity contribution in [2.45, 2.75) is 12.2 Å². The van der Waals surface area contributed by atoms with Gasteiger partial charge in [-0.3, -0.25) is 0 Å². The molecule has 2 aromatic rings. The number of methoxy groups -OCH3 is 1. The van der Waals surface area contributed by atoms with Gasteiger partial charge in [-0.25, -0.2) is 4.98 Å². The van der Waals surface area contributed by atoms with E-state index in [9.17, 15) is 0 Å². The van der Waals surface area contributed by atoms with E-state index in [0.29, 0.717) is 5.88 Å². The van der Waals surface area contributed by atoms with Crippen molar-refractivity contribution in [3.8, 4) is 5.88 Å². The molecule has 3 heteroatoms. The van der Waals surface area contributed by atoms with Crippen LogP contribution in [-0.4, -0.2) is 12.1 Å². The summed E-state index contributed by atoms with van der Waals surface area (Å²) in [5.41, 5.74) is 2.16. The fraction of sp³-hybridized carbons (Fsp3) is 0.250. The number of rotatable bonds is 2. The number of fused-ring (bicyclic) bond motifs is 1. The Kier molecular flexibility index (Phi) is 2.82. The molecule has 1 aromatic carbocycles. The molecule has 0 amide bonds. The van der Waals surface area contributed by atoms with Crippen LogP contribution < -0.4 is 4.74 Å². The second-order valence-electron chi connectivity index (χ2n) is 3.48. The fourth-order valence-corrected chi connectivity index (χ4v) is 1.66. The average Bonchev–Trinajstić information content (AvgIpc) is 2.27. The first-order valence-corrected chi connectivity index (χ1v) is 5.35. The van der Waals surface area contributed by atoms with Gasteiger partial charge in [0.15, 0.2) is 0 Å². The van der Waals surface area contributed by atoms with E-state index >= 15 is 0 Å².